The molecule has 0 bridgehead atoms. The van der Waals surface area contributed by atoms with Crippen molar-refractivity contribution in [3.63, 3.8) is 0 Å². The summed E-state index contributed by atoms with van der Waals surface area (Å²) in [5, 5.41) is 20.3. The van der Waals surface area contributed by atoms with Crippen molar-refractivity contribution in [3.05, 3.63) is 0 Å². The maximum atomic E-state index is 11.5. The molecule has 3 N–H and O–H groups in total. The van der Waals surface area contributed by atoms with Crippen molar-refractivity contribution in [2.45, 2.75) is 18.9 Å². The Morgan fingerprint density at radius 3 is 2.79 bits per heavy atom. The third-order valence-corrected chi connectivity index (χ3v) is 3.58. The molecule has 2 amide bonds. The van der Waals surface area contributed by atoms with E-state index in [1.165, 1.54) is 0 Å². The molecule has 19 heavy (non-hydrogen) atoms. The zero-order chi connectivity index (χ0) is 14.3. The van der Waals surface area contributed by atoms with Gasteiger partial charge in [0, 0.05) is 19.6 Å². The van der Waals surface area contributed by atoms with Gasteiger partial charge in [-0.3, -0.25) is 14.4 Å². The van der Waals surface area contributed by atoms with E-state index in [1.54, 1.807) is 4.90 Å². The fraction of sp³-hybridized carbons (Fsp3) is 0.727. The lowest BCUT2D eigenvalue weighted by Crippen LogP contribution is -2.44. The Morgan fingerprint density at radius 1 is 1.42 bits per heavy atom. The number of likely N-dealkylation sites (tertiary alicyclic amines) is 1. The van der Waals surface area contributed by atoms with Gasteiger partial charge in [0.15, 0.2) is 0 Å². The highest BCUT2D eigenvalue weighted by Gasteiger charge is 2.23. The molecule has 1 atom stereocenters. The Morgan fingerprint density at radius 2 is 2.16 bits per heavy atom. The first-order valence-corrected chi connectivity index (χ1v) is 7.16. The van der Waals surface area contributed by atoms with Crippen molar-refractivity contribution in [2.75, 3.05) is 31.1 Å². The summed E-state index contributed by atoms with van der Waals surface area (Å²) in [5.41, 5.74) is 0. The molecule has 8 heteroatoms. The number of hydrogen-bond acceptors (Lipinski definition) is 5. The number of piperidine rings is 1. The Bertz CT molecular complexity index is 350. The summed E-state index contributed by atoms with van der Waals surface area (Å²) in [6.45, 7) is 1.26. The highest BCUT2D eigenvalue weighted by atomic mass is 32.2. The normalized spacial score (nSPS) is 19.3. The summed E-state index contributed by atoms with van der Waals surface area (Å²) in [6.07, 6.45) is 0.155. The molecule has 1 aliphatic rings. The fourth-order valence-corrected chi connectivity index (χ4v) is 2.28. The van der Waals surface area contributed by atoms with E-state index in [-0.39, 0.29) is 29.7 Å². The van der Waals surface area contributed by atoms with Crippen LogP contribution in [-0.4, -0.2) is 70.1 Å². The highest BCUT2D eigenvalue weighted by Crippen LogP contribution is 2.10. The van der Waals surface area contributed by atoms with Crippen molar-refractivity contribution in [1.29, 1.82) is 0 Å². The lowest BCUT2D eigenvalue weighted by Gasteiger charge is -2.29. The number of thioether (sulfide) groups is 1. The summed E-state index contributed by atoms with van der Waals surface area (Å²) in [6, 6.07) is 0. The monoisotopic (exact) mass is 290 g/mol. The molecule has 0 aromatic heterocycles. The van der Waals surface area contributed by atoms with Crippen molar-refractivity contribution >= 4 is 29.5 Å². The number of nitrogens with one attached hydrogen (secondary N) is 1. The van der Waals surface area contributed by atoms with Gasteiger partial charge in [0.1, 0.15) is 0 Å². The second-order valence-corrected chi connectivity index (χ2v) is 5.25. The lowest BCUT2D eigenvalue weighted by atomic mass is 10.1. The summed E-state index contributed by atoms with van der Waals surface area (Å²) >= 11 is 1.03. The van der Waals surface area contributed by atoms with Crippen LogP contribution in [0.25, 0.3) is 0 Å². The summed E-state index contributed by atoms with van der Waals surface area (Å²) in [7, 11) is 0. The van der Waals surface area contributed by atoms with Gasteiger partial charge in [0.2, 0.25) is 11.8 Å². The van der Waals surface area contributed by atoms with Gasteiger partial charge in [-0.05, 0) is 6.42 Å². The molecule has 108 valence electrons. The van der Waals surface area contributed by atoms with Gasteiger partial charge < -0.3 is 20.4 Å². The number of carboxylic acid groups (broad SMARTS) is 1. The molecule has 0 aromatic carbocycles. The summed E-state index contributed by atoms with van der Waals surface area (Å²) < 4.78 is 0. The smallest absolute Gasteiger partial charge is 0.313 e. The molecule has 1 fully saturated rings. The predicted octanol–water partition coefficient (Wildman–Crippen LogP) is -1.10. The molecular weight excluding hydrogens is 272 g/mol. The first kappa shape index (κ1) is 15.8. The number of aliphatic hydroxyl groups excluding tert-OH is 1. The van der Waals surface area contributed by atoms with Gasteiger partial charge in [-0.1, -0.05) is 0 Å². The van der Waals surface area contributed by atoms with Gasteiger partial charge in [0.25, 0.3) is 0 Å². The number of carboxylic acids is 1. The second kappa shape index (κ2) is 8.00. The molecule has 1 rings (SSSR count). The maximum Gasteiger partial charge on any atom is 0.313 e. The average Bonchev–Trinajstić information content (AvgIpc) is 2.31. The highest BCUT2D eigenvalue weighted by molar-refractivity contribution is 8.00. The molecule has 0 aromatic rings. The topological polar surface area (TPSA) is 107 Å². The van der Waals surface area contributed by atoms with Crippen LogP contribution < -0.4 is 5.32 Å². The van der Waals surface area contributed by atoms with Crippen molar-refractivity contribution in [2.24, 2.45) is 0 Å². The van der Waals surface area contributed by atoms with E-state index in [9.17, 15) is 19.5 Å². The average molecular weight is 290 g/mol. The van der Waals surface area contributed by atoms with E-state index in [1.807, 2.05) is 0 Å². The van der Waals surface area contributed by atoms with Crippen molar-refractivity contribution < 1.29 is 24.6 Å². The van der Waals surface area contributed by atoms with E-state index in [2.05, 4.69) is 5.32 Å². The van der Waals surface area contributed by atoms with Gasteiger partial charge in [-0.2, -0.15) is 0 Å². The number of aliphatic carboxylic acids is 1. The molecule has 1 saturated heterocycles. The molecule has 1 aliphatic heterocycles. The van der Waals surface area contributed by atoms with Crippen LogP contribution in [0.4, 0.5) is 0 Å². The Labute approximate surface area is 115 Å². The summed E-state index contributed by atoms with van der Waals surface area (Å²) in [4.78, 5) is 34.7. The Hall–Kier alpha value is -1.28. The van der Waals surface area contributed by atoms with E-state index in [4.69, 9.17) is 5.11 Å². The third kappa shape index (κ3) is 6.44. The van der Waals surface area contributed by atoms with Crippen LogP contribution in [0.3, 0.4) is 0 Å². The maximum absolute atomic E-state index is 11.5. The number of hydrogen-bond donors (Lipinski definition) is 3. The first-order chi connectivity index (χ1) is 8.99. The fourth-order valence-electron chi connectivity index (χ4n) is 1.71. The largest absolute Gasteiger partial charge is 0.481 e. The molecular formula is C11H18N2O5S. The third-order valence-electron chi connectivity index (χ3n) is 2.66. The van der Waals surface area contributed by atoms with Crippen LogP contribution in [0.1, 0.15) is 12.8 Å². The van der Waals surface area contributed by atoms with Crippen LogP contribution in [0.2, 0.25) is 0 Å². The van der Waals surface area contributed by atoms with Crippen LogP contribution in [0, 0.1) is 0 Å². The zero-order valence-electron chi connectivity index (χ0n) is 10.5. The number of carbonyl (C=O) groups excluding carboxylic acids is 2. The SMILES string of the molecule is O=C(O)CSCC(=O)NCCN1CC[C@H](O)CC1=O. The lowest BCUT2D eigenvalue weighted by molar-refractivity contribution is -0.137. The van der Waals surface area contributed by atoms with Gasteiger partial charge in [-0.15, -0.1) is 11.8 Å². The predicted molar refractivity (Wildman–Crippen MR) is 69.8 cm³/mol. The number of carbonyl (C=O) groups is 3. The number of aliphatic hydroxyl groups is 1. The van der Waals surface area contributed by atoms with Gasteiger partial charge in [0.05, 0.1) is 24.0 Å². The van der Waals surface area contributed by atoms with Crippen LogP contribution in [0.5, 0.6) is 0 Å². The standard InChI is InChI=1S/C11H18N2O5S/c14-8-1-3-13(10(16)5-8)4-2-12-9(15)6-19-7-11(17)18/h8,14H,1-7H2,(H,12,15)(H,17,18)/t8-/m0/s1. The minimum Gasteiger partial charge on any atom is -0.481 e. The zero-order valence-corrected chi connectivity index (χ0v) is 11.3. The van der Waals surface area contributed by atoms with Crippen molar-refractivity contribution in [1.82, 2.24) is 10.2 Å². The molecule has 0 aliphatic carbocycles. The molecule has 0 saturated carbocycles. The second-order valence-electron chi connectivity index (χ2n) is 4.26. The van der Waals surface area contributed by atoms with E-state index in [0.717, 1.165) is 11.8 Å². The molecule has 7 nitrogen and oxygen atoms in total. The van der Waals surface area contributed by atoms with E-state index >= 15 is 0 Å². The molecule has 0 radical (unpaired) electrons. The minimum atomic E-state index is -0.949. The molecule has 0 spiro atoms. The quantitative estimate of drug-likeness (QED) is 0.550. The molecule has 1 heterocycles. The first-order valence-electron chi connectivity index (χ1n) is 6.01. The van der Waals surface area contributed by atoms with Gasteiger partial charge in [-0.25, -0.2) is 0 Å². The van der Waals surface area contributed by atoms with Gasteiger partial charge >= 0.3 is 5.97 Å². The van der Waals surface area contributed by atoms with Crippen LogP contribution >= 0.6 is 11.8 Å². The minimum absolute atomic E-state index is 0.0962. The number of amides is 2. The van der Waals surface area contributed by atoms with Crippen LogP contribution in [-0.2, 0) is 14.4 Å². The molecule has 0 unspecified atom stereocenters. The van der Waals surface area contributed by atoms with Crippen LogP contribution in [0.15, 0.2) is 0 Å². The van der Waals surface area contributed by atoms with E-state index in [0.29, 0.717) is 26.1 Å². The Kier molecular flexibility index (Phi) is 6.65. The number of nitrogens with zero attached hydrogens (tertiary/aromatic N) is 1. The van der Waals surface area contributed by atoms with E-state index < -0.39 is 12.1 Å². The number of rotatable bonds is 7. The van der Waals surface area contributed by atoms with Crippen molar-refractivity contribution in [3.8, 4) is 0 Å². The summed E-state index contributed by atoms with van der Waals surface area (Å²) in [5.74, 6) is -1.30. The Balaban J connectivity index is 2.11.